The van der Waals surface area contributed by atoms with E-state index < -0.39 is 0 Å². The molecule has 0 aliphatic carbocycles. The fraction of sp³-hybridized carbons (Fsp3) is 0.0714. The molecule has 0 radical (unpaired) electrons. The van der Waals surface area contributed by atoms with Crippen molar-refractivity contribution in [2.75, 3.05) is 0 Å². The summed E-state index contributed by atoms with van der Waals surface area (Å²) in [6.07, 6.45) is 0.699. The molecule has 2 aromatic rings. The zero-order chi connectivity index (χ0) is 13.1. The van der Waals surface area contributed by atoms with Gasteiger partial charge in [0.25, 0.3) is 0 Å². The predicted molar refractivity (Wildman–Crippen MR) is 73.1 cm³/mol. The van der Waals surface area contributed by atoms with Gasteiger partial charge in [-0.05, 0) is 36.8 Å². The second-order valence-electron chi connectivity index (χ2n) is 3.84. The highest BCUT2D eigenvalue weighted by atomic mass is 35.5. The summed E-state index contributed by atoms with van der Waals surface area (Å²) in [5.41, 5.74) is 1.49. The number of rotatable bonds is 3. The first-order valence-corrected chi connectivity index (χ1v) is 6.04. The van der Waals surface area contributed by atoms with Gasteiger partial charge in [0.15, 0.2) is 6.29 Å². The molecule has 2 rings (SSSR count). The van der Waals surface area contributed by atoms with E-state index in [0.29, 0.717) is 33.4 Å². The normalized spacial score (nSPS) is 10.2. The molecule has 0 aliphatic heterocycles. The van der Waals surface area contributed by atoms with Gasteiger partial charge >= 0.3 is 0 Å². The van der Waals surface area contributed by atoms with Gasteiger partial charge in [-0.3, -0.25) is 4.79 Å². The van der Waals surface area contributed by atoms with Crippen LogP contribution in [-0.2, 0) is 0 Å². The van der Waals surface area contributed by atoms with E-state index in [1.807, 2.05) is 19.1 Å². The summed E-state index contributed by atoms with van der Waals surface area (Å²) in [5.74, 6) is 1.09. The molecule has 0 spiro atoms. The highest BCUT2D eigenvalue weighted by Gasteiger charge is 2.06. The highest BCUT2D eigenvalue weighted by Crippen LogP contribution is 2.31. The Balaban J connectivity index is 2.28. The number of hydrogen-bond acceptors (Lipinski definition) is 2. The van der Waals surface area contributed by atoms with E-state index in [2.05, 4.69) is 0 Å². The lowest BCUT2D eigenvalue weighted by atomic mass is 10.2. The first-order valence-electron chi connectivity index (χ1n) is 5.29. The standard InChI is InChI=1S/C14H10Cl2O2/c1-9-2-5-14(13(16)6-9)18-11-4-3-10(8-17)12(15)7-11/h2-8H,1H3. The van der Waals surface area contributed by atoms with E-state index in [0.717, 1.165) is 5.56 Å². The van der Waals surface area contributed by atoms with E-state index in [4.69, 9.17) is 27.9 Å². The van der Waals surface area contributed by atoms with Gasteiger partial charge < -0.3 is 4.74 Å². The lowest BCUT2D eigenvalue weighted by molar-refractivity contribution is 0.112. The van der Waals surface area contributed by atoms with E-state index in [9.17, 15) is 4.79 Å². The minimum Gasteiger partial charge on any atom is -0.456 e. The van der Waals surface area contributed by atoms with Gasteiger partial charge in [-0.25, -0.2) is 0 Å². The van der Waals surface area contributed by atoms with Gasteiger partial charge in [0.1, 0.15) is 11.5 Å². The Kier molecular flexibility index (Phi) is 3.90. The average Bonchev–Trinajstić information content (AvgIpc) is 2.33. The van der Waals surface area contributed by atoms with Crippen LogP contribution in [0.2, 0.25) is 10.0 Å². The first kappa shape index (κ1) is 12.9. The van der Waals surface area contributed by atoms with Gasteiger partial charge in [-0.2, -0.15) is 0 Å². The Morgan fingerprint density at radius 1 is 1.06 bits per heavy atom. The topological polar surface area (TPSA) is 26.3 Å². The molecule has 0 unspecified atom stereocenters. The number of carbonyl (C=O) groups excluding carboxylic acids is 1. The summed E-state index contributed by atoms with van der Waals surface area (Å²) < 4.78 is 5.61. The lowest BCUT2D eigenvalue weighted by Gasteiger charge is -2.09. The maximum Gasteiger partial charge on any atom is 0.151 e. The van der Waals surface area contributed by atoms with Crippen LogP contribution in [0.25, 0.3) is 0 Å². The summed E-state index contributed by atoms with van der Waals surface area (Å²) >= 11 is 12.0. The van der Waals surface area contributed by atoms with Crippen molar-refractivity contribution in [1.29, 1.82) is 0 Å². The van der Waals surface area contributed by atoms with Gasteiger partial charge in [-0.1, -0.05) is 29.3 Å². The molecule has 0 aliphatic rings. The van der Waals surface area contributed by atoms with Crippen LogP contribution >= 0.6 is 23.2 Å². The lowest BCUT2D eigenvalue weighted by Crippen LogP contribution is -1.88. The zero-order valence-electron chi connectivity index (χ0n) is 9.61. The third kappa shape index (κ3) is 2.84. The molecule has 0 N–H and O–H groups in total. The molecule has 2 aromatic carbocycles. The number of benzene rings is 2. The second kappa shape index (κ2) is 5.42. The van der Waals surface area contributed by atoms with E-state index in [1.165, 1.54) is 0 Å². The molecular weight excluding hydrogens is 271 g/mol. The molecule has 0 saturated carbocycles. The van der Waals surface area contributed by atoms with E-state index in [-0.39, 0.29) is 0 Å². The summed E-state index contributed by atoms with van der Waals surface area (Å²) in [7, 11) is 0. The van der Waals surface area contributed by atoms with Crippen LogP contribution in [0.5, 0.6) is 11.5 Å². The van der Waals surface area contributed by atoms with Crippen LogP contribution in [0.4, 0.5) is 0 Å². The third-order valence-corrected chi connectivity index (χ3v) is 3.04. The molecule has 92 valence electrons. The number of hydrogen-bond donors (Lipinski definition) is 0. The molecule has 4 heteroatoms. The molecule has 0 aromatic heterocycles. The third-order valence-electron chi connectivity index (χ3n) is 2.41. The van der Waals surface area contributed by atoms with Crippen molar-refractivity contribution in [3.63, 3.8) is 0 Å². The Labute approximate surface area is 115 Å². The van der Waals surface area contributed by atoms with E-state index in [1.54, 1.807) is 24.3 Å². The van der Waals surface area contributed by atoms with Crippen LogP contribution in [0.15, 0.2) is 36.4 Å². The van der Waals surface area contributed by atoms with Crippen molar-refractivity contribution in [2.24, 2.45) is 0 Å². The average molecular weight is 281 g/mol. The molecule has 18 heavy (non-hydrogen) atoms. The number of ether oxygens (including phenoxy) is 1. The Morgan fingerprint density at radius 3 is 2.44 bits per heavy atom. The minimum absolute atomic E-state index is 0.353. The maximum atomic E-state index is 10.6. The fourth-order valence-electron chi connectivity index (χ4n) is 1.48. The molecule has 0 amide bonds. The molecule has 0 atom stereocenters. The molecule has 0 fully saturated rings. The van der Waals surface area contributed by atoms with Crippen molar-refractivity contribution in [2.45, 2.75) is 6.92 Å². The van der Waals surface area contributed by atoms with Gasteiger partial charge in [-0.15, -0.1) is 0 Å². The molecular formula is C14H10Cl2O2. The van der Waals surface area contributed by atoms with Crippen LogP contribution in [-0.4, -0.2) is 6.29 Å². The quantitative estimate of drug-likeness (QED) is 0.747. The molecule has 0 heterocycles. The van der Waals surface area contributed by atoms with Crippen LogP contribution < -0.4 is 4.74 Å². The van der Waals surface area contributed by atoms with Crippen molar-refractivity contribution < 1.29 is 9.53 Å². The Morgan fingerprint density at radius 2 is 1.83 bits per heavy atom. The van der Waals surface area contributed by atoms with Gasteiger partial charge in [0.2, 0.25) is 0 Å². The van der Waals surface area contributed by atoms with Crippen LogP contribution in [0.1, 0.15) is 15.9 Å². The Hall–Kier alpha value is -1.51. The van der Waals surface area contributed by atoms with Crippen LogP contribution in [0, 0.1) is 6.92 Å². The number of carbonyl (C=O) groups is 1. The van der Waals surface area contributed by atoms with Crippen molar-refractivity contribution >= 4 is 29.5 Å². The van der Waals surface area contributed by atoms with Crippen molar-refractivity contribution in [3.8, 4) is 11.5 Å². The number of aryl methyl sites for hydroxylation is 1. The Bertz CT molecular complexity index is 594. The minimum atomic E-state index is 0.353. The summed E-state index contributed by atoms with van der Waals surface area (Å²) in [6, 6.07) is 10.4. The van der Waals surface area contributed by atoms with Crippen LogP contribution in [0.3, 0.4) is 0 Å². The zero-order valence-corrected chi connectivity index (χ0v) is 11.1. The maximum absolute atomic E-state index is 10.6. The first-order chi connectivity index (χ1) is 8.60. The van der Waals surface area contributed by atoms with Crippen molar-refractivity contribution in [1.82, 2.24) is 0 Å². The second-order valence-corrected chi connectivity index (χ2v) is 4.65. The largest absolute Gasteiger partial charge is 0.456 e. The summed E-state index contributed by atoms with van der Waals surface area (Å²) in [6.45, 7) is 1.95. The molecule has 2 nitrogen and oxygen atoms in total. The summed E-state index contributed by atoms with van der Waals surface area (Å²) in [4.78, 5) is 10.6. The highest BCUT2D eigenvalue weighted by molar-refractivity contribution is 6.33. The van der Waals surface area contributed by atoms with Crippen molar-refractivity contribution in [3.05, 3.63) is 57.6 Å². The van der Waals surface area contributed by atoms with E-state index >= 15 is 0 Å². The van der Waals surface area contributed by atoms with Gasteiger partial charge in [0, 0.05) is 11.6 Å². The number of halogens is 2. The monoisotopic (exact) mass is 280 g/mol. The predicted octanol–water partition coefficient (Wildman–Crippen LogP) is 4.91. The SMILES string of the molecule is Cc1ccc(Oc2ccc(C=O)c(Cl)c2)c(Cl)c1. The smallest absolute Gasteiger partial charge is 0.151 e. The van der Waals surface area contributed by atoms with Gasteiger partial charge in [0.05, 0.1) is 10.0 Å². The number of aldehydes is 1. The summed E-state index contributed by atoms with van der Waals surface area (Å²) in [5, 5.41) is 0.885. The fourth-order valence-corrected chi connectivity index (χ4v) is 1.97. The molecule has 0 saturated heterocycles. The molecule has 0 bridgehead atoms.